The number of amides is 1. The molecule has 0 bridgehead atoms. The van der Waals surface area contributed by atoms with Gasteiger partial charge in [-0.15, -0.1) is 0 Å². The van der Waals surface area contributed by atoms with Crippen LogP contribution in [0.4, 0.5) is 18.0 Å². The van der Waals surface area contributed by atoms with Gasteiger partial charge in [0.05, 0.1) is 17.3 Å². The van der Waals surface area contributed by atoms with E-state index in [0.717, 1.165) is 6.20 Å². The van der Waals surface area contributed by atoms with E-state index in [1.807, 2.05) is 0 Å². The Kier molecular flexibility index (Phi) is 6.43. The molecule has 1 aromatic rings. The average molecular weight is 430 g/mol. The minimum atomic E-state index is -4.79. The largest absolute Gasteiger partial charge is 0.444 e. The van der Waals surface area contributed by atoms with Crippen LogP contribution in [0, 0.1) is 11.3 Å². The van der Waals surface area contributed by atoms with Gasteiger partial charge in [0.25, 0.3) is 0 Å². The first kappa shape index (κ1) is 22.5. The molecule has 2 rings (SSSR count). The van der Waals surface area contributed by atoms with Gasteiger partial charge in [0.15, 0.2) is 0 Å². The van der Waals surface area contributed by atoms with Gasteiger partial charge in [-0.2, -0.15) is 18.4 Å². The highest BCUT2D eigenvalue weighted by molar-refractivity contribution is 6.30. The van der Waals surface area contributed by atoms with Crippen LogP contribution < -0.4 is 5.73 Å². The summed E-state index contributed by atoms with van der Waals surface area (Å²) in [5.41, 5.74) is 2.85. The fourth-order valence-electron chi connectivity index (χ4n) is 2.40. The molecular formula is C18H19ClF3N5O2. The highest BCUT2D eigenvalue weighted by Crippen LogP contribution is 2.35. The highest BCUT2D eigenvalue weighted by Gasteiger charge is 2.36. The number of allylic oxidation sites excluding steroid dienone is 1. The Balaban J connectivity index is 2.14. The van der Waals surface area contributed by atoms with E-state index in [1.165, 1.54) is 17.2 Å². The molecule has 1 aliphatic heterocycles. The van der Waals surface area contributed by atoms with E-state index in [1.54, 1.807) is 20.8 Å². The van der Waals surface area contributed by atoms with Crippen molar-refractivity contribution in [1.82, 2.24) is 9.88 Å². The number of carbonyl (C=O) groups excluding carboxylic acids is 1. The molecule has 0 radical (unpaired) electrons. The number of nitrogens with two attached hydrogens (primary N) is 1. The molecule has 1 saturated heterocycles. The van der Waals surface area contributed by atoms with E-state index < -0.39 is 34.2 Å². The van der Waals surface area contributed by atoms with Gasteiger partial charge < -0.3 is 15.4 Å². The van der Waals surface area contributed by atoms with Crippen molar-refractivity contribution in [1.29, 1.82) is 5.26 Å². The number of aromatic nitrogens is 1. The second kappa shape index (κ2) is 8.29. The lowest BCUT2D eigenvalue weighted by Crippen LogP contribution is -2.54. The average Bonchev–Trinajstić information content (AvgIpc) is 2.53. The lowest BCUT2D eigenvalue weighted by atomic mass is 10.1. The molecule has 0 aromatic carbocycles. The van der Waals surface area contributed by atoms with E-state index >= 15 is 0 Å². The van der Waals surface area contributed by atoms with Crippen LogP contribution in [0.25, 0.3) is 5.57 Å². The zero-order chi connectivity index (χ0) is 22.0. The molecule has 0 spiro atoms. The summed E-state index contributed by atoms with van der Waals surface area (Å²) in [5.74, 6) is 0. The third kappa shape index (κ3) is 5.60. The first-order valence-electron chi connectivity index (χ1n) is 8.47. The molecular weight excluding hydrogens is 411 g/mol. The number of carbonyl (C=O) groups is 1. The van der Waals surface area contributed by atoms with E-state index in [4.69, 9.17) is 27.3 Å². The van der Waals surface area contributed by atoms with Gasteiger partial charge in [0, 0.05) is 31.1 Å². The summed E-state index contributed by atoms with van der Waals surface area (Å²) < 4.78 is 44.8. The molecule has 1 amide bonds. The highest BCUT2D eigenvalue weighted by atomic mass is 35.5. The monoisotopic (exact) mass is 429 g/mol. The summed E-state index contributed by atoms with van der Waals surface area (Å²) >= 11 is 5.75. The fourth-order valence-corrected chi connectivity index (χ4v) is 2.63. The van der Waals surface area contributed by atoms with Gasteiger partial charge in [-0.3, -0.25) is 4.99 Å². The van der Waals surface area contributed by atoms with Gasteiger partial charge in [0.1, 0.15) is 22.4 Å². The fraction of sp³-hybridized carbons (Fsp3) is 0.444. The van der Waals surface area contributed by atoms with Crippen LogP contribution in [0.3, 0.4) is 0 Å². The van der Waals surface area contributed by atoms with Crippen molar-refractivity contribution in [3.8, 4) is 6.07 Å². The first-order valence-corrected chi connectivity index (χ1v) is 8.84. The number of ether oxygens (including phenoxy) is 1. The normalized spacial score (nSPS) is 15.9. The maximum absolute atomic E-state index is 13.2. The van der Waals surface area contributed by atoms with Crippen LogP contribution in [-0.4, -0.2) is 46.9 Å². The Bertz CT molecular complexity index is 894. The lowest BCUT2D eigenvalue weighted by Gasteiger charge is -2.37. The first-order chi connectivity index (χ1) is 13.4. The number of rotatable bonds is 3. The van der Waals surface area contributed by atoms with Gasteiger partial charge in [-0.25, -0.2) is 9.78 Å². The Morgan fingerprint density at radius 1 is 1.45 bits per heavy atom. The molecule has 156 valence electrons. The summed E-state index contributed by atoms with van der Waals surface area (Å²) in [4.78, 5) is 21.4. The van der Waals surface area contributed by atoms with E-state index in [2.05, 4.69) is 9.98 Å². The van der Waals surface area contributed by atoms with Crippen molar-refractivity contribution < 1.29 is 22.7 Å². The van der Waals surface area contributed by atoms with Crippen LogP contribution in [0.1, 0.15) is 37.6 Å². The minimum absolute atomic E-state index is 0.0950. The maximum atomic E-state index is 13.2. The van der Waals surface area contributed by atoms with Crippen molar-refractivity contribution in [2.75, 3.05) is 13.1 Å². The van der Waals surface area contributed by atoms with Crippen molar-refractivity contribution in [2.24, 2.45) is 10.7 Å². The Morgan fingerprint density at radius 2 is 2.07 bits per heavy atom. The molecule has 0 unspecified atom stereocenters. The minimum Gasteiger partial charge on any atom is -0.444 e. The number of nitrogens with zero attached hydrogens (tertiary/aromatic N) is 4. The number of alkyl halides is 3. The Morgan fingerprint density at radius 3 is 2.55 bits per heavy atom. The second-order valence-electron chi connectivity index (χ2n) is 7.27. The van der Waals surface area contributed by atoms with Gasteiger partial charge in [0.2, 0.25) is 0 Å². The molecule has 1 fully saturated rings. The molecule has 0 atom stereocenters. The number of halogens is 4. The van der Waals surface area contributed by atoms with Crippen LogP contribution in [0.2, 0.25) is 5.15 Å². The second-order valence-corrected chi connectivity index (χ2v) is 7.63. The molecule has 11 heteroatoms. The number of nitriles is 1. The summed E-state index contributed by atoms with van der Waals surface area (Å²) in [5, 5.41) is 8.34. The number of hydrogen-bond donors (Lipinski definition) is 1. The molecule has 29 heavy (non-hydrogen) atoms. The zero-order valence-corrected chi connectivity index (χ0v) is 16.7. The van der Waals surface area contributed by atoms with E-state index in [9.17, 15) is 18.0 Å². The standard InChI is InChI=1S/C18H19ClF3N5O2/c1-17(2,3)29-16(28)27-8-11(9-27)25-7-10(5-23)14-4-13(18(20,21)22)12(6-24)15(19)26-14/h4-5,7,11H,8-9,23H2,1-3H3. The van der Waals surface area contributed by atoms with Crippen molar-refractivity contribution >= 4 is 29.5 Å². The molecule has 1 aromatic heterocycles. The Labute approximate surface area is 170 Å². The maximum Gasteiger partial charge on any atom is 0.417 e. The smallest absolute Gasteiger partial charge is 0.417 e. The van der Waals surface area contributed by atoms with Crippen LogP contribution in [-0.2, 0) is 10.9 Å². The lowest BCUT2D eigenvalue weighted by molar-refractivity contribution is -0.137. The molecule has 7 nitrogen and oxygen atoms in total. The SMILES string of the molecule is CC(C)(C)OC(=O)N1CC(N=CC(=CN)c2cc(C(F)(F)F)c(C#N)c(Cl)n2)C1. The summed E-state index contributed by atoms with van der Waals surface area (Å²) in [6.07, 6.45) is -2.94. The molecule has 2 heterocycles. The number of pyridine rings is 1. The number of aliphatic imine (C=N–C) groups is 1. The van der Waals surface area contributed by atoms with E-state index in [0.29, 0.717) is 19.2 Å². The zero-order valence-electron chi connectivity index (χ0n) is 15.9. The topological polar surface area (TPSA) is 105 Å². The predicted octanol–water partition coefficient (Wildman–Crippen LogP) is 3.62. The number of hydrogen-bond acceptors (Lipinski definition) is 6. The van der Waals surface area contributed by atoms with Gasteiger partial charge >= 0.3 is 12.3 Å². The van der Waals surface area contributed by atoms with Crippen LogP contribution in [0.5, 0.6) is 0 Å². The molecule has 0 saturated carbocycles. The third-order valence-corrected chi connectivity index (χ3v) is 4.08. The summed E-state index contributed by atoms with van der Waals surface area (Å²) in [7, 11) is 0. The van der Waals surface area contributed by atoms with Gasteiger partial charge in [-0.1, -0.05) is 11.6 Å². The quantitative estimate of drug-likeness (QED) is 0.583. The van der Waals surface area contributed by atoms with Crippen LogP contribution in [0.15, 0.2) is 17.3 Å². The molecule has 2 N–H and O–H groups in total. The molecule has 1 aliphatic rings. The Hall–Kier alpha value is -2.80. The molecule has 0 aliphatic carbocycles. The third-order valence-electron chi connectivity index (χ3n) is 3.81. The summed E-state index contributed by atoms with van der Waals surface area (Å²) in [6, 6.07) is 1.85. The van der Waals surface area contributed by atoms with Crippen molar-refractivity contribution in [2.45, 2.75) is 38.6 Å². The number of likely N-dealkylation sites (tertiary alicyclic amines) is 1. The van der Waals surface area contributed by atoms with Crippen molar-refractivity contribution in [3.05, 3.63) is 34.2 Å². The van der Waals surface area contributed by atoms with Gasteiger partial charge in [-0.05, 0) is 26.8 Å². The van der Waals surface area contributed by atoms with Crippen LogP contribution >= 0.6 is 11.6 Å². The van der Waals surface area contributed by atoms with E-state index in [-0.39, 0.29) is 17.3 Å². The summed E-state index contributed by atoms with van der Waals surface area (Å²) in [6.45, 7) is 5.87. The van der Waals surface area contributed by atoms with Crippen molar-refractivity contribution in [3.63, 3.8) is 0 Å². The predicted molar refractivity (Wildman–Crippen MR) is 101 cm³/mol.